The molecule has 0 fully saturated rings. The summed E-state index contributed by atoms with van der Waals surface area (Å²) in [5, 5.41) is 0. The summed E-state index contributed by atoms with van der Waals surface area (Å²) >= 11 is 5.84. The zero-order valence-electron chi connectivity index (χ0n) is 12.8. The molecule has 2 rings (SSSR count). The summed E-state index contributed by atoms with van der Waals surface area (Å²) in [6.07, 6.45) is 0. The van der Waals surface area contributed by atoms with Crippen LogP contribution in [0, 0.1) is 12.7 Å². The van der Waals surface area contributed by atoms with Crippen molar-refractivity contribution in [3.8, 4) is 11.5 Å². The zero-order chi connectivity index (χ0) is 15.6. The maximum Gasteiger partial charge on any atom is 0.134 e. The van der Waals surface area contributed by atoms with Crippen LogP contribution in [0.1, 0.15) is 37.5 Å². The van der Waals surface area contributed by atoms with Crippen molar-refractivity contribution in [2.75, 3.05) is 0 Å². The van der Waals surface area contributed by atoms with Crippen LogP contribution in [0.15, 0.2) is 36.4 Å². The minimum atomic E-state index is -0.341. The van der Waals surface area contributed by atoms with Gasteiger partial charge in [0, 0.05) is 11.1 Å². The van der Waals surface area contributed by atoms with E-state index in [9.17, 15) is 4.39 Å². The second-order valence-corrected chi connectivity index (χ2v) is 6.47. The van der Waals surface area contributed by atoms with Gasteiger partial charge < -0.3 is 4.74 Å². The fraction of sp³-hybridized carbons (Fsp3) is 0.333. The molecule has 21 heavy (non-hydrogen) atoms. The summed E-state index contributed by atoms with van der Waals surface area (Å²) < 4.78 is 19.8. The lowest BCUT2D eigenvalue weighted by atomic mass is 9.85. The van der Waals surface area contributed by atoms with Crippen LogP contribution in [0.2, 0.25) is 0 Å². The first kappa shape index (κ1) is 15.8. The van der Waals surface area contributed by atoms with Crippen LogP contribution in [0.3, 0.4) is 0 Å². The molecule has 112 valence electrons. The van der Waals surface area contributed by atoms with Gasteiger partial charge in [-0.15, -0.1) is 11.6 Å². The van der Waals surface area contributed by atoms with E-state index in [-0.39, 0.29) is 17.1 Å². The predicted molar refractivity (Wildman–Crippen MR) is 85.9 cm³/mol. The Morgan fingerprint density at radius 3 is 2.43 bits per heavy atom. The quantitative estimate of drug-likeness (QED) is 0.635. The number of hydrogen-bond acceptors (Lipinski definition) is 1. The molecule has 1 nitrogen and oxygen atoms in total. The third kappa shape index (κ3) is 3.56. The first-order valence-corrected chi connectivity index (χ1v) is 7.48. The molecule has 0 atom stereocenters. The summed E-state index contributed by atoms with van der Waals surface area (Å²) in [7, 11) is 0. The second-order valence-electron chi connectivity index (χ2n) is 6.20. The fourth-order valence-electron chi connectivity index (χ4n) is 2.20. The van der Waals surface area contributed by atoms with Crippen LogP contribution >= 0.6 is 11.6 Å². The van der Waals surface area contributed by atoms with Crippen molar-refractivity contribution in [1.82, 2.24) is 0 Å². The minimum absolute atomic E-state index is 0.0597. The molecule has 0 aliphatic rings. The van der Waals surface area contributed by atoms with Gasteiger partial charge in [-0.1, -0.05) is 44.5 Å². The molecule has 3 heteroatoms. The molecule has 0 heterocycles. The lowest BCUT2D eigenvalue weighted by molar-refractivity contribution is 0.446. The van der Waals surface area contributed by atoms with Gasteiger partial charge >= 0.3 is 0 Å². The number of benzene rings is 2. The second kappa shape index (κ2) is 6.07. The van der Waals surface area contributed by atoms with Crippen molar-refractivity contribution in [2.24, 2.45) is 0 Å². The minimum Gasteiger partial charge on any atom is -0.457 e. The zero-order valence-corrected chi connectivity index (χ0v) is 13.6. The summed E-state index contributed by atoms with van der Waals surface area (Å²) in [6, 6.07) is 10.8. The highest BCUT2D eigenvalue weighted by atomic mass is 35.5. The Labute approximate surface area is 130 Å². The summed E-state index contributed by atoms with van der Waals surface area (Å²) in [4.78, 5) is 0. The van der Waals surface area contributed by atoms with Crippen molar-refractivity contribution in [1.29, 1.82) is 0 Å². The van der Waals surface area contributed by atoms with Gasteiger partial charge in [0.05, 0.1) is 5.88 Å². The highest BCUT2D eigenvalue weighted by Gasteiger charge is 2.20. The number of halogens is 2. The van der Waals surface area contributed by atoms with E-state index >= 15 is 0 Å². The SMILES string of the molecule is Cc1ccc(Oc2cccc(F)c2CCl)c(C(C)(C)C)c1. The molecule has 0 unspecified atom stereocenters. The lowest BCUT2D eigenvalue weighted by Gasteiger charge is -2.24. The number of rotatable bonds is 3. The van der Waals surface area contributed by atoms with Gasteiger partial charge in [0.15, 0.2) is 0 Å². The lowest BCUT2D eigenvalue weighted by Crippen LogP contribution is -2.13. The third-order valence-corrected chi connectivity index (χ3v) is 3.64. The Kier molecular flexibility index (Phi) is 4.58. The molecule has 0 aliphatic heterocycles. The molecule has 0 N–H and O–H groups in total. The summed E-state index contributed by atoms with van der Waals surface area (Å²) in [5.41, 5.74) is 2.59. The number of ether oxygens (including phenoxy) is 1. The molecular formula is C18H20ClFO. The van der Waals surface area contributed by atoms with Crippen molar-refractivity contribution >= 4 is 11.6 Å². The third-order valence-electron chi connectivity index (χ3n) is 3.37. The number of aryl methyl sites for hydroxylation is 1. The van der Waals surface area contributed by atoms with Crippen LogP contribution in [0.25, 0.3) is 0 Å². The first-order chi connectivity index (χ1) is 9.82. The van der Waals surface area contributed by atoms with Crippen molar-refractivity contribution in [3.63, 3.8) is 0 Å². The molecule has 0 saturated carbocycles. The Hall–Kier alpha value is -1.54. The van der Waals surface area contributed by atoms with Crippen molar-refractivity contribution in [3.05, 3.63) is 58.9 Å². The predicted octanol–water partition coefficient (Wildman–Crippen LogP) is 5.96. The van der Waals surface area contributed by atoms with E-state index in [1.807, 2.05) is 19.1 Å². The maximum atomic E-state index is 13.8. The molecule has 0 aliphatic carbocycles. The molecule has 0 radical (unpaired) electrons. The van der Waals surface area contributed by atoms with Gasteiger partial charge in [-0.2, -0.15) is 0 Å². The topological polar surface area (TPSA) is 9.23 Å². The Morgan fingerprint density at radius 1 is 1.10 bits per heavy atom. The number of alkyl halides is 1. The monoisotopic (exact) mass is 306 g/mol. The molecule has 0 spiro atoms. The van der Waals surface area contributed by atoms with Crippen LogP contribution in [-0.4, -0.2) is 0 Å². The fourth-order valence-corrected chi connectivity index (χ4v) is 2.46. The van der Waals surface area contributed by atoms with Crippen LogP contribution in [-0.2, 0) is 11.3 Å². The van der Waals surface area contributed by atoms with Crippen LogP contribution in [0.5, 0.6) is 11.5 Å². The molecule has 0 bridgehead atoms. The van der Waals surface area contributed by atoms with E-state index in [1.165, 1.54) is 11.6 Å². The van der Waals surface area contributed by atoms with E-state index in [1.54, 1.807) is 12.1 Å². The Balaban J connectivity index is 2.48. The smallest absolute Gasteiger partial charge is 0.134 e. The standard InChI is InChI=1S/C18H20ClFO/c1-12-8-9-17(14(10-12)18(2,3)4)21-16-7-5-6-15(20)13(16)11-19/h5-10H,11H2,1-4H3. The highest BCUT2D eigenvalue weighted by molar-refractivity contribution is 6.17. The molecule has 0 saturated heterocycles. The van der Waals surface area contributed by atoms with Gasteiger partial charge in [0.2, 0.25) is 0 Å². The average Bonchev–Trinajstić information content (AvgIpc) is 2.40. The Bertz CT molecular complexity index is 644. The highest BCUT2D eigenvalue weighted by Crippen LogP contribution is 2.36. The van der Waals surface area contributed by atoms with Gasteiger partial charge in [0.25, 0.3) is 0 Å². The summed E-state index contributed by atoms with van der Waals surface area (Å²) in [6.45, 7) is 8.43. The van der Waals surface area contributed by atoms with E-state index in [0.29, 0.717) is 11.3 Å². The Morgan fingerprint density at radius 2 is 1.81 bits per heavy atom. The van der Waals surface area contributed by atoms with Gasteiger partial charge in [-0.25, -0.2) is 4.39 Å². The van der Waals surface area contributed by atoms with E-state index in [4.69, 9.17) is 16.3 Å². The molecular weight excluding hydrogens is 287 g/mol. The van der Waals surface area contributed by atoms with Crippen molar-refractivity contribution in [2.45, 2.75) is 39.0 Å². The van der Waals surface area contributed by atoms with Crippen LogP contribution in [0.4, 0.5) is 4.39 Å². The number of hydrogen-bond donors (Lipinski definition) is 0. The first-order valence-electron chi connectivity index (χ1n) is 6.95. The van der Waals surface area contributed by atoms with E-state index < -0.39 is 0 Å². The van der Waals surface area contributed by atoms with Crippen LogP contribution < -0.4 is 4.74 Å². The molecule has 2 aromatic rings. The molecule has 0 amide bonds. The molecule has 0 aromatic heterocycles. The van der Waals surface area contributed by atoms with Crippen molar-refractivity contribution < 1.29 is 9.13 Å². The normalized spacial score (nSPS) is 11.5. The average molecular weight is 307 g/mol. The van der Waals surface area contributed by atoms with E-state index in [0.717, 1.165) is 11.3 Å². The van der Waals surface area contributed by atoms with Gasteiger partial charge in [-0.05, 0) is 30.5 Å². The van der Waals surface area contributed by atoms with Gasteiger partial charge in [0.1, 0.15) is 17.3 Å². The molecule has 2 aromatic carbocycles. The van der Waals surface area contributed by atoms with E-state index in [2.05, 4.69) is 26.8 Å². The maximum absolute atomic E-state index is 13.8. The van der Waals surface area contributed by atoms with Gasteiger partial charge in [-0.3, -0.25) is 0 Å². The summed E-state index contributed by atoms with van der Waals surface area (Å²) in [5.74, 6) is 0.954. The largest absolute Gasteiger partial charge is 0.457 e.